The van der Waals surface area contributed by atoms with Crippen molar-refractivity contribution >= 4 is 17.2 Å². The van der Waals surface area contributed by atoms with Crippen LogP contribution in [0.15, 0.2) is 11.4 Å². The molecule has 14 heavy (non-hydrogen) atoms. The summed E-state index contributed by atoms with van der Waals surface area (Å²) in [5.74, 6) is 0.179. The fourth-order valence-electron chi connectivity index (χ4n) is 1.96. The lowest BCUT2D eigenvalue weighted by molar-refractivity contribution is 0.100. The first-order valence-electron chi connectivity index (χ1n) is 4.87. The molecule has 2 heterocycles. The number of hydrogen-bond donors (Lipinski definition) is 2. The van der Waals surface area contributed by atoms with Crippen LogP contribution in [0, 0.1) is 0 Å². The Morgan fingerprint density at radius 3 is 3.14 bits per heavy atom. The number of amides is 1. The Labute approximate surface area is 87.3 Å². The number of nitrogens with one attached hydrogen (secondary N) is 1. The van der Waals surface area contributed by atoms with E-state index in [1.54, 1.807) is 0 Å². The summed E-state index contributed by atoms with van der Waals surface area (Å²) in [5.41, 5.74) is 6.45. The van der Waals surface area contributed by atoms with Crippen molar-refractivity contribution in [1.29, 1.82) is 0 Å². The van der Waals surface area contributed by atoms with Crippen molar-refractivity contribution in [2.75, 3.05) is 13.1 Å². The average molecular weight is 210 g/mol. The lowest BCUT2D eigenvalue weighted by atomic mass is 9.92. The predicted molar refractivity (Wildman–Crippen MR) is 57.7 cm³/mol. The van der Waals surface area contributed by atoms with Crippen molar-refractivity contribution < 1.29 is 4.79 Å². The van der Waals surface area contributed by atoms with Crippen molar-refractivity contribution in [3.05, 3.63) is 21.9 Å². The highest BCUT2D eigenvalue weighted by Crippen LogP contribution is 2.29. The zero-order chi connectivity index (χ0) is 9.97. The second-order valence-electron chi connectivity index (χ2n) is 3.61. The second kappa shape index (κ2) is 4.11. The quantitative estimate of drug-likeness (QED) is 0.773. The van der Waals surface area contributed by atoms with Crippen LogP contribution in [0.2, 0.25) is 0 Å². The Morgan fingerprint density at radius 2 is 2.50 bits per heavy atom. The summed E-state index contributed by atoms with van der Waals surface area (Å²) in [7, 11) is 0. The van der Waals surface area contributed by atoms with Gasteiger partial charge >= 0.3 is 0 Å². The number of carbonyl (C=O) groups is 1. The molecular weight excluding hydrogens is 196 g/mol. The zero-order valence-corrected chi connectivity index (χ0v) is 8.77. The van der Waals surface area contributed by atoms with E-state index in [-0.39, 0.29) is 5.91 Å². The summed E-state index contributed by atoms with van der Waals surface area (Å²) < 4.78 is 0. The molecule has 1 amide bonds. The van der Waals surface area contributed by atoms with Crippen LogP contribution in [0.1, 0.15) is 34.0 Å². The standard InChI is InChI=1S/C10H14N2OS/c11-10(13)9-8(3-5-14-9)7-2-1-4-12-6-7/h3,5,7,12H,1-2,4,6H2,(H2,11,13)/t7-/m1/s1. The van der Waals surface area contributed by atoms with Crippen LogP contribution in [0.25, 0.3) is 0 Å². The number of piperidine rings is 1. The Hall–Kier alpha value is -0.870. The van der Waals surface area contributed by atoms with Crippen LogP contribution in [0.4, 0.5) is 0 Å². The maximum absolute atomic E-state index is 11.1. The topological polar surface area (TPSA) is 55.1 Å². The first-order chi connectivity index (χ1) is 6.79. The van der Waals surface area contributed by atoms with Crippen molar-refractivity contribution in [3.63, 3.8) is 0 Å². The van der Waals surface area contributed by atoms with Gasteiger partial charge in [-0.25, -0.2) is 0 Å². The van der Waals surface area contributed by atoms with E-state index in [2.05, 4.69) is 5.32 Å². The third-order valence-corrected chi connectivity index (χ3v) is 3.60. The van der Waals surface area contributed by atoms with Gasteiger partial charge in [0.15, 0.2) is 0 Å². The van der Waals surface area contributed by atoms with Gasteiger partial charge in [-0.05, 0) is 42.3 Å². The van der Waals surface area contributed by atoms with E-state index in [4.69, 9.17) is 5.73 Å². The average Bonchev–Trinajstić information content (AvgIpc) is 2.67. The van der Waals surface area contributed by atoms with Crippen LogP contribution in [-0.4, -0.2) is 19.0 Å². The molecule has 76 valence electrons. The molecule has 0 unspecified atom stereocenters. The zero-order valence-electron chi connectivity index (χ0n) is 7.95. The largest absolute Gasteiger partial charge is 0.365 e. The van der Waals surface area contributed by atoms with Crippen molar-refractivity contribution in [3.8, 4) is 0 Å². The molecule has 1 aromatic rings. The van der Waals surface area contributed by atoms with Crippen LogP contribution >= 0.6 is 11.3 Å². The summed E-state index contributed by atoms with van der Waals surface area (Å²) >= 11 is 1.45. The molecule has 3 nitrogen and oxygen atoms in total. The van der Waals surface area contributed by atoms with E-state index in [1.165, 1.54) is 17.8 Å². The molecule has 0 bridgehead atoms. The summed E-state index contributed by atoms with van der Waals surface area (Å²) in [4.78, 5) is 11.9. The highest BCUT2D eigenvalue weighted by molar-refractivity contribution is 7.12. The van der Waals surface area contributed by atoms with E-state index in [1.807, 2.05) is 11.4 Å². The maximum Gasteiger partial charge on any atom is 0.259 e. The minimum absolute atomic E-state index is 0.291. The fraction of sp³-hybridized carbons (Fsp3) is 0.500. The molecule has 1 fully saturated rings. The minimum Gasteiger partial charge on any atom is -0.365 e. The van der Waals surface area contributed by atoms with E-state index < -0.39 is 0 Å². The number of carbonyl (C=O) groups excluding carboxylic acids is 1. The smallest absolute Gasteiger partial charge is 0.259 e. The molecule has 0 radical (unpaired) electrons. The van der Waals surface area contributed by atoms with Gasteiger partial charge < -0.3 is 11.1 Å². The molecule has 0 saturated carbocycles. The molecular formula is C10H14N2OS. The molecule has 4 heteroatoms. The Bertz CT molecular complexity index is 329. The summed E-state index contributed by atoms with van der Waals surface area (Å²) in [6.45, 7) is 2.06. The third-order valence-electron chi connectivity index (χ3n) is 2.66. The Balaban J connectivity index is 2.21. The van der Waals surface area contributed by atoms with Gasteiger partial charge in [-0.1, -0.05) is 0 Å². The summed E-state index contributed by atoms with van der Waals surface area (Å²) in [5, 5.41) is 5.29. The second-order valence-corrected chi connectivity index (χ2v) is 4.53. The third kappa shape index (κ3) is 1.81. The normalized spacial score (nSPS) is 22.1. The van der Waals surface area contributed by atoms with E-state index in [0.29, 0.717) is 5.92 Å². The number of hydrogen-bond acceptors (Lipinski definition) is 3. The Morgan fingerprint density at radius 1 is 1.64 bits per heavy atom. The maximum atomic E-state index is 11.1. The molecule has 3 N–H and O–H groups in total. The number of thiophene rings is 1. The summed E-state index contributed by atoms with van der Waals surface area (Å²) in [6.07, 6.45) is 2.34. The lowest BCUT2D eigenvalue weighted by Crippen LogP contribution is -2.29. The molecule has 1 aliphatic heterocycles. The first-order valence-corrected chi connectivity index (χ1v) is 5.75. The highest BCUT2D eigenvalue weighted by atomic mass is 32.1. The number of nitrogens with two attached hydrogens (primary N) is 1. The molecule has 0 aliphatic carbocycles. The monoisotopic (exact) mass is 210 g/mol. The van der Waals surface area contributed by atoms with Gasteiger partial charge in [-0.3, -0.25) is 4.79 Å². The summed E-state index contributed by atoms with van der Waals surface area (Å²) in [6, 6.07) is 2.03. The predicted octanol–water partition coefficient (Wildman–Crippen LogP) is 1.31. The molecule has 0 spiro atoms. The molecule has 1 atom stereocenters. The lowest BCUT2D eigenvalue weighted by Gasteiger charge is -2.22. The number of primary amides is 1. The van der Waals surface area contributed by atoms with Crippen molar-refractivity contribution in [1.82, 2.24) is 5.32 Å². The number of rotatable bonds is 2. The SMILES string of the molecule is NC(=O)c1sccc1[C@@H]1CCCNC1. The first kappa shape index (κ1) is 9.68. The van der Waals surface area contributed by atoms with Gasteiger partial charge in [0.2, 0.25) is 0 Å². The fourth-order valence-corrected chi connectivity index (χ4v) is 2.80. The van der Waals surface area contributed by atoms with Crippen molar-refractivity contribution in [2.45, 2.75) is 18.8 Å². The molecule has 1 aromatic heterocycles. The van der Waals surface area contributed by atoms with Gasteiger partial charge in [-0.15, -0.1) is 11.3 Å². The molecule has 0 aromatic carbocycles. The van der Waals surface area contributed by atoms with Gasteiger partial charge in [0.05, 0.1) is 4.88 Å². The van der Waals surface area contributed by atoms with E-state index >= 15 is 0 Å². The molecule has 1 aliphatic rings. The van der Waals surface area contributed by atoms with Crippen LogP contribution < -0.4 is 11.1 Å². The highest BCUT2D eigenvalue weighted by Gasteiger charge is 2.20. The van der Waals surface area contributed by atoms with Gasteiger partial charge in [0, 0.05) is 6.54 Å². The van der Waals surface area contributed by atoms with E-state index in [9.17, 15) is 4.79 Å². The van der Waals surface area contributed by atoms with Crippen LogP contribution in [0.3, 0.4) is 0 Å². The van der Waals surface area contributed by atoms with Crippen LogP contribution in [-0.2, 0) is 0 Å². The van der Waals surface area contributed by atoms with E-state index in [0.717, 1.165) is 30.0 Å². The van der Waals surface area contributed by atoms with Gasteiger partial charge in [0.25, 0.3) is 5.91 Å². The molecule has 1 saturated heterocycles. The van der Waals surface area contributed by atoms with Crippen LogP contribution in [0.5, 0.6) is 0 Å². The van der Waals surface area contributed by atoms with Gasteiger partial charge in [-0.2, -0.15) is 0 Å². The minimum atomic E-state index is -0.291. The Kier molecular flexibility index (Phi) is 2.84. The van der Waals surface area contributed by atoms with Crippen molar-refractivity contribution in [2.24, 2.45) is 5.73 Å². The van der Waals surface area contributed by atoms with Gasteiger partial charge in [0.1, 0.15) is 0 Å². The molecule has 2 rings (SSSR count).